The zero-order valence-corrected chi connectivity index (χ0v) is 19.4. The molecule has 1 aromatic heterocycles. The number of benzene rings is 2. The predicted octanol–water partition coefficient (Wildman–Crippen LogP) is 5.13. The van der Waals surface area contributed by atoms with Crippen molar-refractivity contribution in [1.82, 2.24) is 4.57 Å². The van der Waals surface area contributed by atoms with Crippen LogP contribution in [0.5, 0.6) is 5.75 Å². The molecule has 0 unspecified atom stereocenters. The molecule has 2 aromatic carbocycles. The number of nitrogens with zero attached hydrogens (tertiary/aromatic N) is 2. The van der Waals surface area contributed by atoms with Crippen molar-refractivity contribution in [3.8, 4) is 11.4 Å². The average Bonchev–Trinajstić information content (AvgIpc) is 3.26. The van der Waals surface area contributed by atoms with Gasteiger partial charge in [-0.15, -0.1) is 0 Å². The number of carbonyl (C=O) groups excluding carboxylic acids is 3. The molecule has 0 spiro atoms. The minimum atomic E-state index is -0.410. The number of hydrogen-bond donors (Lipinski definition) is 0. The summed E-state index contributed by atoms with van der Waals surface area (Å²) in [4.78, 5) is 39.1. The molecule has 7 nitrogen and oxygen atoms in total. The maximum absolute atomic E-state index is 13.0. The SMILES string of the molecule is COC(=O)c1cccc(-n2c(C)cc(/C=C3/SC(=O)N(c4ccc(OC)cc4)C3=O)c2C)c1. The molecular formula is C25H22N2O5S. The van der Waals surface area contributed by atoms with Gasteiger partial charge in [0.2, 0.25) is 0 Å². The van der Waals surface area contributed by atoms with E-state index in [0.29, 0.717) is 21.9 Å². The van der Waals surface area contributed by atoms with Crippen LogP contribution in [0.4, 0.5) is 10.5 Å². The number of hydrogen-bond acceptors (Lipinski definition) is 6. The number of rotatable bonds is 5. The lowest BCUT2D eigenvalue weighted by Crippen LogP contribution is -2.27. The van der Waals surface area contributed by atoms with E-state index in [-0.39, 0.29) is 11.1 Å². The normalized spacial score (nSPS) is 14.8. The Morgan fingerprint density at radius 3 is 2.36 bits per heavy atom. The molecule has 3 aromatic rings. The third-order valence-corrected chi connectivity index (χ3v) is 6.28. The Labute approximate surface area is 195 Å². The molecule has 8 heteroatoms. The second-order valence-corrected chi connectivity index (χ2v) is 8.41. The maximum Gasteiger partial charge on any atom is 0.337 e. The van der Waals surface area contributed by atoms with Crippen LogP contribution in [-0.2, 0) is 9.53 Å². The summed E-state index contributed by atoms with van der Waals surface area (Å²) < 4.78 is 12.0. The summed E-state index contributed by atoms with van der Waals surface area (Å²) in [6.07, 6.45) is 1.73. The van der Waals surface area contributed by atoms with Crippen LogP contribution in [0.25, 0.3) is 11.8 Å². The highest BCUT2D eigenvalue weighted by molar-refractivity contribution is 8.19. The van der Waals surface area contributed by atoms with Gasteiger partial charge in [-0.3, -0.25) is 9.59 Å². The average molecular weight is 463 g/mol. The molecule has 33 heavy (non-hydrogen) atoms. The van der Waals surface area contributed by atoms with Gasteiger partial charge in [0.25, 0.3) is 11.1 Å². The maximum atomic E-state index is 13.0. The largest absolute Gasteiger partial charge is 0.497 e. The molecule has 0 saturated carbocycles. The molecule has 0 bridgehead atoms. The zero-order valence-electron chi connectivity index (χ0n) is 18.6. The van der Waals surface area contributed by atoms with Crippen molar-refractivity contribution in [2.24, 2.45) is 0 Å². The monoisotopic (exact) mass is 462 g/mol. The van der Waals surface area contributed by atoms with E-state index >= 15 is 0 Å². The number of amides is 2. The Hall–Kier alpha value is -3.78. The molecule has 0 radical (unpaired) electrons. The van der Waals surface area contributed by atoms with Crippen LogP contribution >= 0.6 is 11.8 Å². The summed E-state index contributed by atoms with van der Waals surface area (Å²) in [5.41, 5.74) is 4.37. The van der Waals surface area contributed by atoms with E-state index in [2.05, 4.69) is 0 Å². The number of aryl methyl sites for hydroxylation is 1. The Kier molecular flexibility index (Phi) is 6.11. The summed E-state index contributed by atoms with van der Waals surface area (Å²) in [7, 11) is 2.90. The first-order valence-corrected chi connectivity index (χ1v) is 11.0. The number of imide groups is 1. The highest BCUT2D eigenvalue weighted by atomic mass is 32.2. The first kappa shape index (κ1) is 22.4. The first-order chi connectivity index (χ1) is 15.8. The molecule has 168 valence electrons. The molecule has 1 saturated heterocycles. The van der Waals surface area contributed by atoms with Gasteiger partial charge in [-0.25, -0.2) is 9.69 Å². The Balaban J connectivity index is 1.67. The standard InChI is InChI=1S/C25H22N2O5S/c1-15-12-18(16(2)26(15)20-7-5-6-17(13-20)24(29)32-4)14-22-23(28)27(25(30)33-22)19-8-10-21(31-3)11-9-19/h5-14H,1-4H3/b22-14+. The van der Waals surface area contributed by atoms with Gasteiger partial charge < -0.3 is 14.0 Å². The molecule has 4 rings (SSSR count). The van der Waals surface area contributed by atoms with E-state index in [4.69, 9.17) is 9.47 Å². The van der Waals surface area contributed by atoms with Crippen molar-refractivity contribution in [2.75, 3.05) is 19.1 Å². The van der Waals surface area contributed by atoms with E-state index in [1.54, 1.807) is 55.7 Å². The van der Waals surface area contributed by atoms with Gasteiger partial charge in [-0.2, -0.15) is 0 Å². The van der Waals surface area contributed by atoms with Crippen LogP contribution in [0.3, 0.4) is 0 Å². The number of carbonyl (C=O) groups is 3. The molecular weight excluding hydrogens is 440 g/mol. The first-order valence-electron chi connectivity index (χ1n) is 10.1. The van der Waals surface area contributed by atoms with Gasteiger partial charge in [0, 0.05) is 17.1 Å². The quantitative estimate of drug-likeness (QED) is 0.386. The summed E-state index contributed by atoms with van der Waals surface area (Å²) in [5.74, 6) is -0.135. The van der Waals surface area contributed by atoms with Gasteiger partial charge in [-0.1, -0.05) is 6.07 Å². The molecule has 0 aliphatic carbocycles. The summed E-state index contributed by atoms with van der Waals surface area (Å²) in [5, 5.41) is -0.351. The lowest BCUT2D eigenvalue weighted by molar-refractivity contribution is -0.113. The molecule has 2 heterocycles. The Morgan fingerprint density at radius 1 is 0.970 bits per heavy atom. The minimum absolute atomic E-state index is 0.347. The van der Waals surface area contributed by atoms with E-state index < -0.39 is 5.97 Å². The third-order valence-electron chi connectivity index (χ3n) is 5.41. The van der Waals surface area contributed by atoms with E-state index in [0.717, 1.165) is 39.3 Å². The molecule has 1 aliphatic rings. The van der Waals surface area contributed by atoms with Crippen LogP contribution in [0.15, 0.2) is 59.5 Å². The van der Waals surface area contributed by atoms with Crippen molar-refractivity contribution in [1.29, 1.82) is 0 Å². The molecule has 0 atom stereocenters. The lowest BCUT2D eigenvalue weighted by atomic mass is 10.2. The van der Waals surface area contributed by atoms with Crippen molar-refractivity contribution in [2.45, 2.75) is 13.8 Å². The van der Waals surface area contributed by atoms with E-state index in [1.807, 2.05) is 30.5 Å². The molecule has 2 amide bonds. The number of esters is 1. The zero-order chi connectivity index (χ0) is 23.7. The van der Waals surface area contributed by atoms with E-state index in [1.165, 1.54) is 7.11 Å². The Bertz CT molecular complexity index is 1290. The highest BCUT2D eigenvalue weighted by Crippen LogP contribution is 2.37. The number of thioether (sulfide) groups is 1. The predicted molar refractivity (Wildman–Crippen MR) is 128 cm³/mol. The number of methoxy groups -OCH3 is 2. The fourth-order valence-corrected chi connectivity index (χ4v) is 4.62. The topological polar surface area (TPSA) is 77.8 Å². The van der Waals surface area contributed by atoms with Gasteiger partial charge >= 0.3 is 5.97 Å². The van der Waals surface area contributed by atoms with Gasteiger partial charge in [0.15, 0.2) is 0 Å². The minimum Gasteiger partial charge on any atom is -0.497 e. The molecule has 0 N–H and O–H groups in total. The smallest absolute Gasteiger partial charge is 0.337 e. The number of ether oxygens (including phenoxy) is 2. The molecule has 1 fully saturated rings. The third kappa shape index (κ3) is 4.17. The van der Waals surface area contributed by atoms with Crippen molar-refractivity contribution in [3.05, 3.63) is 82.0 Å². The fourth-order valence-electron chi connectivity index (χ4n) is 3.78. The summed E-state index contributed by atoms with van der Waals surface area (Å²) >= 11 is 0.907. The van der Waals surface area contributed by atoms with Gasteiger partial charge in [0.1, 0.15) is 5.75 Å². The second kappa shape index (κ2) is 8.99. The second-order valence-electron chi connectivity index (χ2n) is 7.42. The van der Waals surface area contributed by atoms with Crippen LogP contribution in [-0.4, -0.2) is 35.9 Å². The molecule has 1 aliphatic heterocycles. The van der Waals surface area contributed by atoms with Crippen LogP contribution in [0.2, 0.25) is 0 Å². The number of anilines is 1. The van der Waals surface area contributed by atoms with Crippen LogP contribution < -0.4 is 9.64 Å². The fraction of sp³-hybridized carbons (Fsp3) is 0.160. The van der Waals surface area contributed by atoms with Crippen molar-refractivity contribution >= 4 is 40.6 Å². The van der Waals surface area contributed by atoms with Crippen molar-refractivity contribution in [3.63, 3.8) is 0 Å². The number of aromatic nitrogens is 1. The van der Waals surface area contributed by atoms with E-state index in [9.17, 15) is 14.4 Å². The van der Waals surface area contributed by atoms with Gasteiger partial charge in [-0.05, 0) is 85.8 Å². The summed E-state index contributed by atoms with van der Waals surface area (Å²) in [6.45, 7) is 3.87. The summed E-state index contributed by atoms with van der Waals surface area (Å²) in [6, 6.07) is 15.9. The van der Waals surface area contributed by atoms with Crippen LogP contribution in [0, 0.1) is 13.8 Å². The van der Waals surface area contributed by atoms with Gasteiger partial charge in [0.05, 0.1) is 30.4 Å². The Morgan fingerprint density at radius 2 is 1.70 bits per heavy atom. The van der Waals surface area contributed by atoms with Crippen LogP contribution in [0.1, 0.15) is 27.3 Å². The van der Waals surface area contributed by atoms with Crippen molar-refractivity contribution < 1.29 is 23.9 Å². The lowest BCUT2D eigenvalue weighted by Gasteiger charge is -2.12. The highest BCUT2D eigenvalue weighted by Gasteiger charge is 2.36.